The Kier molecular flexibility index (Phi) is 6.18. The number of nitrogens with zero attached hydrogens (tertiary/aromatic N) is 3. The van der Waals surface area contributed by atoms with Crippen molar-refractivity contribution >= 4 is 21.4 Å². The first-order chi connectivity index (χ1) is 16.0. The van der Waals surface area contributed by atoms with E-state index in [1.165, 1.54) is 6.26 Å². The predicted octanol–water partition coefficient (Wildman–Crippen LogP) is 6.57. The van der Waals surface area contributed by atoms with Crippen LogP contribution in [0.15, 0.2) is 83.0 Å². The molecule has 0 saturated heterocycles. The molecule has 0 bridgehead atoms. The summed E-state index contributed by atoms with van der Waals surface area (Å²) in [6.45, 7) is 5.37. The average molecular weight is 494 g/mol. The van der Waals surface area contributed by atoms with Crippen molar-refractivity contribution < 1.29 is 8.42 Å². The number of imidazole rings is 1. The topological polar surface area (TPSA) is 81.4 Å². The van der Waals surface area contributed by atoms with Crippen molar-refractivity contribution in [2.24, 2.45) is 5.18 Å². The summed E-state index contributed by atoms with van der Waals surface area (Å²) < 4.78 is 25.8. The number of aromatic nitrogens is 2. The highest BCUT2D eigenvalue weighted by molar-refractivity contribution is 7.90. The third kappa shape index (κ3) is 4.54. The Balaban J connectivity index is 1.83. The van der Waals surface area contributed by atoms with Crippen LogP contribution in [-0.2, 0) is 15.4 Å². The van der Waals surface area contributed by atoms with E-state index in [9.17, 15) is 13.3 Å². The van der Waals surface area contributed by atoms with Crippen molar-refractivity contribution in [1.82, 2.24) is 9.55 Å². The molecule has 0 amide bonds. The maximum Gasteiger partial charge on any atom is 0.175 e. The number of benzene rings is 3. The van der Waals surface area contributed by atoms with Gasteiger partial charge in [0.25, 0.3) is 0 Å². The number of nitroso groups, excluding NO2 is 1. The third-order valence-electron chi connectivity index (χ3n) is 5.81. The first-order valence-electron chi connectivity index (χ1n) is 10.6. The molecule has 4 aromatic rings. The van der Waals surface area contributed by atoms with Gasteiger partial charge in [-0.1, -0.05) is 53.2 Å². The van der Waals surface area contributed by atoms with Crippen LogP contribution in [0.2, 0.25) is 5.02 Å². The van der Waals surface area contributed by atoms with E-state index >= 15 is 0 Å². The molecule has 0 spiro atoms. The molecular weight excluding hydrogens is 470 g/mol. The highest BCUT2D eigenvalue weighted by Gasteiger charge is 2.27. The van der Waals surface area contributed by atoms with Gasteiger partial charge in [0, 0.05) is 28.7 Å². The van der Waals surface area contributed by atoms with Gasteiger partial charge in [-0.25, -0.2) is 13.4 Å². The molecule has 174 valence electrons. The van der Waals surface area contributed by atoms with Crippen molar-refractivity contribution in [3.63, 3.8) is 0 Å². The molecule has 0 atom stereocenters. The van der Waals surface area contributed by atoms with E-state index in [-0.39, 0.29) is 4.90 Å². The molecule has 1 heterocycles. The molecule has 0 aliphatic heterocycles. The fourth-order valence-electron chi connectivity index (χ4n) is 3.68. The molecule has 0 N–H and O–H groups in total. The Morgan fingerprint density at radius 3 is 2.29 bits per heavy atom. The van der Waals surface area contributed by atoms with Gasteiger partial charge < -0.3 is 0 Å². The average Bonchev–Trinajstić information content (AvgIpc) is 3.27. The zero-order valence-electron chi connectivity index (χ0n) is 19.3. The summed E-state index contributed by atoms with van der Waals surface area (Å²) in [5, 5.41) is 3.88. The Morgan fingerprint density at radius 2 is 1.65 bits per heavy atom. The van der Waals surface area contributed by atoms with Crippen LogP contribution in [0.4, 0.5) is 0 Å². The van der Waals surface area contributed by atoms with Gasteiger partial charge in [0.2, 0.25) is 0 Å². The van der Waals surface area contributed by atoms with Crippen LogP contribution in [0.25, 0.3) is 28.2 Å². The molecule has 1 aromatic heterocycles. The fraction of sp³-hybridized carbons (Fsp3) is 0.192. The summed E-state index contributed by atoms with van der Waals surface area (Å²) in [5.41, 5.74) is 3.79. The quantitative estimate of drug-likeness (QED) is 0.284. The Hall–Kier alpha value is -3.29. The lowest BCUT2D eigenvalue weighted by molar-refractivity contribution is 0.536. The Labute approximate surface area is 204 Å². The minimum absolute atomic E-state index is 0.274. The molecule has 0 aliphatic carbocycles. The second-order valence-electron chi connectivity index (χ2n) is 8.73. The van der Waals surface area contributed by atoms with E-state index < -0.39 is 15.4 Å². The monoisotopic (exact) mass is 493 g/mol. The maximum absolute atomic E-state index is 11.9. The SMILES string of the molecule is Cc1c(Cl)cccc1-c1nc(C(C)(C)N=O)cn1-c1ccc(-c2cccc(S(C)(=O)=O)c2)cc1. The maximum atomic E-state index is 11.9. The highest BCUT2D eigenvalue weighted by Crippen LogP contribution is 2.34. The number of hydrogen-bond donors (Lipinski definition) is 0. The van der Waals surface area contributed by atoms with Crippen molar-refractivity contribution in [2.45, 2.75) is 31.2 Å². The van der Waals surface area contributed by atoms with Crippen LogP contribution in [-0.4, -0.2) is 24.2 Å². The molecule has 0 aliphatic rings. The molecule has 3 aromatic carbocycles. The number of hydrogen-bond acceptors (Lipinski definition) is 5. The number of rotatable bonds is 6. The summed E-state index contributed by atoms with van der Waals surface area (Å²) in [6, 6.07) is 20.2. The van der Waals surface area contributed by atoms with E-state index in [4.69, 9.17) is 16.6 Å². The van der Waals surface area contributed by atoms with Crippen LogP contribution in [0, 0.1) is 11.8 Å². The van der Waals surface area contributed by atoms with Gasteiger partial charge >= 0.3 is 0 Å². The summed E-state index contributed by atoms with van der Waals surface area (Å²) in [5.74, 6) is 0.651. The minimum atomic E-state index is -3.30. The smallest absolute Gasteiger partial charge is 0.175 e. The third-order valence-corrected chi connectivity index (χ3v) is 7.33. The van der Waals surface area contributed by atoms with E-state index in [0.29, 0.717) is 16.5 Å². The van der Waals surface area contributed by atoms with Gasteiger partial charge in [0.15, 0.2) is 9.84 Å². The Bertz CT molecular complexity index is 1490. The van der Waals surface area contributed by atoms with Crippen LogP contribution in [0.5, 0.6) is 0 Å². The van der Waals surface area contributed by atoms with Crippen molar-refractivity contribution in [1.29, 1.82) is 0 Å². The molecule has 0 radical (unpaired) electrons. The largest absolute Gasteiger partial charge is 0.299 e. The highest BCUT2D eigenvalue weighted by atomic mass is 35.5. The predicted molar refractivity (Wildman–Crippen MR) is 136 cm³/mol. The summed E-state index contributed by atoms with van der Waals surface area (Å²) >= 11 is 6.37. The van der Waals surface area contributed by atoms with Crippen LogP contribution in [0.3, 0.4) is 0 Å². The molecule has 0 saturated carbocycles. The van der Waals surface area contributed by atoms with Gasteiger partial charge in [-0.3, -0.25) is 4.57 Å². The molecule has 6 nitrogen and oxygen atoms in total. The molecule has 34 heavy (non-hydrogen) atoms. The van der Waals surface area contributed by atoms with Gasteiger partial charge in [-0.05, 0) is 67.8 Å². The lowest BCUT2D eigenvalue weighted by Crippen LogP contribution is -2.13. The molecule has 0 fully saturated rings. The molecule has 0 unspecified atom stereocenters. The lowest BCUT2D eigenvalue weighted by Gasteiger charge is -2.12. The van der Waals surface area contributed by atoms with Crippen LogP contribution < -0.4 is 0 Å². The lowest BCUT2D eigenvalue weighted by atomic mass is 10.0. The van der Waals surface area contributed by atoms with E-state index in [1.54, 1.807) is 32.0 Å². The second-order valence-corrected chi connectivity index (χ2v) is 11.2. The molecule has 4 rings (SSSR count). The normalized spacial score (nSPS) is 12.0. The van der Waals surface area contributed by atoms with Crippen molar-refractivity contribution in [3.05, 3.63) is 94.1 Å². The first-order valence-corrected chi connectivity index (χ1v) is 12.9. The van der Waals surface area contributed by atoms with Gasteiger partial charge in [-0.2, -0.15) is 0 Å². The zero-order chi connectivity index (χ0) is 24.7. The first kappa shape index (κ1) is 23.9. The minimum Gasteiger partial charge on any atom is -0.299 e. The van der Waals surface area contributed by atoms with Crippen LogP contribution in [0.1, 0.15) is 25.1 Å². The van der Waals surface area contributed by atoms with E-state index in [2.05, 4.69) is 5.18 Å². The molecular formula is C26H24ClN3O3S. The fourth-order valence-corrected chi connectivity index (χ4v) is 4.52. The molecule has 8 heteroatoms. The summed E-state index contributed by atoms with van der Waals surface area (Å²) in [4.78, 5) is 16.5. The van der Waals surface area contributed by atoms with Gasteiger partial charge in [-0.15, -0.1) is 4.91 Å². The zero-order valence-corrected chi connectivity index (χ0v) is 20.9. The number of halogens is 1. The van der Waals surface area contributed by atoms with Gasteiger partial charge in [0.05, 0.1) is 10.6 Å². The van der Waals surface area contributed by atoms with E-state index in [1.807, 2.05) is 66.2 Å². The second kappa shape index (κ2) is 8.81. The van der Waals surface area contributed by atoms with E-state index in [0.717, 1.165) is 27.9 Å². The van der Waals surface area contributed by atoms with Crippen molar-refractivity contribution in [3.8, 4) is 28.2 Å². The Morgan fingerprint density at radius 1 is 0.971 bits per heavy atom. The summed E-state index contributed by atoms with van der Waals surface area (Å²) in [6.07, 6.45) is 3.01. The standard InChI is InChI=1S/C26H24ClN3O3S/c1-17-22(9-6-10-23(17)27)25-28-24(26(2,3)29-31)16-30(25)20-13-11-18(12-14-20)19-7-5-8-21(15-19)34(4,32)33/h5-16H,1-4H3. The summed E-state index contributed by atoms with van der Waals surface area (Å²) in [7, 11) is -3.30. The van der Waals surface area contributed by atoms with Crippen molar-refractivity contribution in [2.75, 3.05) is 6.26 Å². The van der Waals surface area contributed by atoms with Crippen LogP contribution >= 0.6 is 11.6 Å². The number of sulfone groups is 1. The van der Waals surface area contributed by atoms with Gasteiger partial charge in [0.1, 0.15) is 11.4 Å².